The van der Waals surface area contributed by atoms with Crippen LogP contribution in [0.4, 0.5) is 5.95 Å². The fourth-order valence-electron chi connectivity index (χ4n) is 3.42. The van der Waals surface area contributed by atoms with E-state index < -0.39 is 0 Å². The number of hydrogen-bond acceptors (Lipinski definition) is 5. The summed E-state index contributed by atoms with van der Waals surface area (Å²) in [6, 6.07) is 1.07. The third kappa shape index (κ3) is 1.57. The molecule has 4 rings (SSSR count). The van der Waals surface area contributed by atoms with Crippen LogP contribution >= 0.6 is 0 Å². The molecule has 0 spiro atoms. The molecular formula is C14H19N5. The van der Waals surface area contributed by atoms with Gasteiger partial charge in [-0.15, -0.1) is 0 Å². The second-order valence-electron chi connectivity index (χ2n) is 6.12. The molecule has 0 aromatic carbocycles. The van der Waals surface area contributed by atoms with Gasteiger partial charge in [-0.3, -0.25) is 4.99 Å². The van der Waals surface area contributed by atoms with Gasteiger partial charge in [0.1, 0.15) is 5.84 Å². The predicted molar refractivity (Wildman–Crippen MR) is 73.8 cm³/mol. The zero-order valence-electron chi connectivity index (χ0n) is 11.4. The lowest BCUT2D eigenvalue weighted by molar-refractivity contribution is 0.264. The normalized spacial score (nSPS) is 28.6. The van der Waals surface area contributed by atoms with Crippen molar-refractivity contribution in [3.63, 3.8) is 0 Å². The lowest BCUT2D eigenvalue weighted by atomic mass is 10.1. The van der Waals surface area contributed by atoms with Crippen molar-refractivity contribution in [2.75, 3.05) is 5.73 Å². The van der Waals surface area contributed by atoms with Crippen molar-refractivity contribution in [1.82, 2.24) is 14.9 Å². The lowest BCUT2D eigenvalue weighted by Crippen LogP contribution is -2.38. The molecule has 100 valence electrons. The summed E-state index contributed by atoms with van der Waals surface area (Å²) in [6.07, 6.45) is 5.42. The van der Waals surface area contributed by atoms with Crippen LogP contribution in [0.1, 0.15) is 44.0 Å². The van der Waals surface area contributed by atoms with E-state index in [0.717, 1.165) is 12.1 Å². The van der Waals surface area contributed by atoms with Crippen molar-refractivity contribution >= 4 is 11.8 Å². The van der Waals surface area contributed by atoms with Gasteiger partial charge >= 0.3 is 0 Å². The zero-order valence-corrected chi connectivity index (χ0v) is 11.4. The largest absolute Gasteiger partial charge is 0.368 e. The lowest BCUT2D eigenvalue weighted by Gasteiger charge is -2.31. The maximum absolute atomic E-state index is 5.76. The van der Waals surface area contributed by atoms with Crippen molar-refractivity contribution in [2.45, 2.75) is 51.2 Å². The van der Waals surface area contributed by atoms with E-state index in [1.54, 1.807) is 0 Å². The number of nitrogen functional groups attached to an aromatic ring is 1. The maximum Gasteiger partial charge on any atom is 0.220 e. The number of amidine groups is 1. The van der Waals surface area contributed by atoms with Gasteiger partial charge in [-0.25, -0.2) is 9.97 Å². The fourth-order valence-corrected chi connectivity index (χ4v) is 3.42. The topological polar surface area (TPSA) is 67.4 Å². The first-order chi connectivity index (χ1) is 9.15. The molecule has 2 heterocycles. The Hall–Kier alpha value is -1.65. The highest BCUT2D eigenvalue weighted by Gasteiger charge is 2.48. The molecule has 0 bridgehead atoms. The summed E-state index contributed by atoms with van der Waals surface area (Å²) in [5.41, 5.74) is 8.08. The van der Waals surface area contributed by atoms with Crippen LogP contribution in [0.3, 0.4) is 0 Å². The van der Waals surface area contributed by atoms with E-state index in [1.807, 2.05) is 6.20 Å². The minimum absolute atomic E-state index is 0.288. The molecule has 0 saturated heterocycles. The van der Waals surface area contributed by atoms with E-state index in [1.165, 1.54) is 24.2 Å². The van der Waals surface area contributed by atoms with Crippen molar-refractivity contribution in [2.24, 2.45) is 10.9 Å². The Bertz CT molecular complexity index is 561. The van der Waals surface area contributed by atoms with Crippen LogP contribution in [0.5, 0.6) is 0 Å². The summed E-state index contributed by atoms with van der Waals surface area (Å²) in [4.78, 5) is 16.1. The van der Waals surface area contributed by atoms with E-state index in [-0.39, 0.29) is 6.04 Å². The first-order valence-corrected chi connectivity index (χ1v) is 7.12. The number of fused-ring (bicyclic) bond motifs is 3. The molecule has 0 amide bonds. The third-order valence-corrected chi connectivity index (χ3v) is 4.35. The molecule has 19 heavy (non-hydrogen) atoms. The number of nitrogens with two attached hydrogens (primary N) is 1. The molecule has 2 atom stereocenters. The number of aliphatic imine (C=N–C) groups is 1. The average Bonchev–Trinajstić information content (AvgIpc) is 3.05. The smallest absolute Gasteiger partial charge is 0.220 e. The molecule has 0 radical (unpaired) electrons. The van der Waals surface area contributed by atoms with Gasteiger partial charge in [0, 0.05) is 24.6 Å². The molecule has 1 aromatic heterocycles. The highest BCUT2D eigenvalue weighted by atomic mass is 15.3. The Morgan fingerprint density at radius 3 is 2.84 bits per heavy atom. The van der Waals surface area contributed by atoms with Crippen LogP contribution in [0, 0.1) is 5.92 Å². The number of aromatic nitrogens is 2. The molecular weight excluding hydrogens is 238 g/mol. The maximum atomic E-state index is 5.76. The molecule has 5 nitrogen and oxygen atoms in total. The van der Waals surface area contributed by atoms with Gasteiger partial charge in [-0.2, -0.15) is 0 Å². The highest BCUT2D eigenvalue weighted by molar-refractivity contribution is 5.89. The molecule has 5 heteroatoms. The van der Waals surface area contributed by atoms with E-state index in [9.17, 15) is 0 Å². The Morgan fingerprint density at radius 2 is 2.16 bits per heavy atom. The van der Waals surface area contributed by atoms with Gasteiger partial charge in [0.15, 0.2) is 0 Å². The summed E-state index contributed by atoms with van der Waals surface area (Å²) >= 11 is 0. The standard InChI is InChI=1S/C14H19N5/c1-7(2)19-12-10(17-13(19)8-3-4-8)5-9-6-16-14(15)18-11(9)12/h6-8,10,12H,3-5H2,1-2H3,(H2,15,16,18). The van der Waals surface area contributed by atoms with Crippen LogP contribution < -0.4 is 5.73 Å². The monoisotopic (exact) mass is 257 g/mol. The van der Waals surface area contributed by atoms with Crippen LogP contribution in [-0.2, 0) is 6.42 Å². The number of hydrogen-bond donors (Lipinski definition) is 1. The SMILES string of the molecule is CC(C)N1C(C2CC2)=NC2Cc3cnc(N)nc3C21. The van der Waals surface area contributed by atoms with Crippen molar-refractivity contribution < 1.29 is 0 Å². The van der Waals surface area contributed by atoms with Crippen molar-refractivity contribution in [3.05, 3.63) is 17.5 Å². The van der Waals surface area contributed by atoms with E-state index in [2.05, 4.69) is 28.7 Å². The summed E-state index contributed by atoms with van der Waals surface area (Å²) in [5, 5.41) is 0. The number of anilines is 1. The minimum atomic E-state index is 0.288. The Labute approximate surface area is 112 Å². The van der Waals surface area contributed by atoms with Crippen LogP contribution in [0.15, 0.2) is 11.2 Å². The number of nitrogens with zero attached hydrogens (tertiary/aromatic N) is 4. The zero-order chi connectivity index (χ0) is 13.1. The molecule has 2 N–H and O–H groups in total. The van der Waals surface area contributed by atoms with E-state index in [0.29, 0.717) is 23.9 Å². The van der Waals surface area contributed by atoms with Crippen LogP contribution in [0.25, 0.3) is 0 Å². The first-order valence-electron chi connectivity index (χ1n) is 7.12. The van der Waals surface area contributed by atoms with E-state index >= 15 is 0 Å². The Morgan fingerprint density at radius 1 is 1.37 bits per heavy atom. The van der Waals surface area contributed by atoms with Crippen molar-refractivity contribution in [1.29, 1.82) is 0 Å². The van der Waals surface area contributed by atoms with Crippen molar-refractivity contribution in [3.8, 4) is 0 Å². The minimum Gasteiger partial charge on any atom is -0.368 e. The quantitative estimate of drug-likeness (QED) is 0.873. The molecule has 2 unspecified atom stereocenters. The highest BCUT2D eigenvalue weighted by Crippen LogP contribution is 2.46. The average molecular weight is 257 g/mol. The first kappa shape index (κ1) is 11.2. The second kappa shape index (κ2) is 3.68. The molecule has 1 saturated carbocycles. The van der Waals surface area contributed by atoms with Crippen LogP contribution in [-0.4, -0.2) is 32.8 Å². The van der Waals surface area contributed by atoms with Gasteiger partial charge < -0.3 is 10.6 Å². The van der Waals surface area contributed by atoms with Gasteiger partial charge in [0.25, 0.3) is 0 Å². The molecule has 1 fully saturated rings. The molecule has 1 aliphatic heterocycles. The van der Waals surface area contributed by atoms with Gasteiger partial charge in [0.2, 0.25) is 5.95 Å². The summed E-state index contributed by atoms with van der Waals surface area (Å²) < 4.78 is 0. The van der Waals surface area contributed by atoms with E-state index in [4.69, 9.17) is 10.7 Å². The third-order valence-electron chi connectivity index (χ3n) is 4.35. The van der Waals surface area contributed by atoms with Gasteiger partial charge in [0.05, 0.1) is 17.8 Å². The summed E-state index contributed by atoms with van der Waals surface area (Å²) in [7, 11) is 0. The predicted octanol–water partition coefficient (Wildman–Crippen LogP) is 1.56. The molecule has 3 aliphatic rings. The molecule has 1 aromatic rings. The fraction of sp³-hybridized carbons (Fsp3) is 0.643. The summed E-state index contributed by atoms with van der Waals surface area (Å²) in [5.74, 6) is 2.38. The second-order valence-corrected chi connectivity index (χ2v) is 6.12. The van der Waals surface area contributed by atoms with Crippen LogP contribution in [0.2, 0.25) is 0 Å². The Kier molecular flexibility index (Phi) is 2.17. The Balaban J connectivity index is 1.77. The number of rotatable bonds is 2. The molecule has 2 aliphatic carbocycles. The van der Waals surface area contributed by atoms with Gasteiger partial charge in [-0.05, 0) is 32.3 Å². The summed E-state index contributed by atoms with van der Waals surface area (Å²) in [6.45, 7) is 4.48. The van der Waals surface area contributed by atoms with Gasteiger partial charge in [-0.1, -0.05) is 0 Å².